The molecule has 21 heavy (non-hydrogen) atoms. The molecule has 0 amide bonds. The molecule has 1 nitrogen and oxygen atoms in total. The third kappa shape index (κ3) is 7.90. The normalized spacial score (nSPS) is 13.8. The Labute approximate surface area is 131 Å². The molecule has 0 saturated heterocycles. The lowest BCUT2D eigenvalue weighted by Crippen LogP contribution is -2.16. The molecule has 1 aliphatic carbocycles. The van der Waals surface area contributed by atoms with Crippen LogP contribution >= 0.6 is 0 Å². The molecule has 0 spiro atoms. The Morgan fingerprint density at radius 1 is 1.24 bits per heavy atom. The first-order chi connectivity index (χ1) is 10.1. The molecule has 1 heterocycles. The van der Waals surface area contributed by atoms with Crippen molar-refractivity contribution >= 4 is 0 Å². The van der Waals surface area contributed by atoms with Crippen LogP contribution in [0.4, 0.5) is 0 Å². The third-order valence-corrected chi connectivity index (χ3v) is 4.13. The Hall–Kier alpha value is -1.29. The lowest BCUT2D eigenvalue weighted by Gasteiger charge is -2.28. The van der Waals surface area contributed by atoms with Gasteiger partial charge in [-0.2, -0.15) is 0 Å². The van der Waals surface area contributed by atoms with Gasteiger partial charge in [0, 0.05) is 12.6 Å². The molecular formula is C20H31N. The number of aromatic nitrogens is 1. The molecule has 0 aliphatic heterocycles. The van der Waals surface area contributed by atoms with Gasteiger partial charge in [-0.25, -0.2) is 4.98 Å². The molecule has 1 saturated carbocycles. The van der Waals surface area contributed by atoms with Crippen molar-refractivity contribution in [1.82, 2.24) is 4.98 Å². The predicted molar refractivity (Wildman–Crippen MR) is 92.2 cm³/mol. The maximum absolute atomic E-state index is 4.22. The molecule has 0 unspecified atom stereocenters. The summed E-state index contributed by atoms with van der Waals surface area (Å²) in [7, 11) is 0. The number of hydrogen-bond acceptors (Lipinski definition) is 1. The van der Waals surface area contributed by atoms with Gasteiger partial charge in [-0.15, -0.1) is 0 Å². The monoisotopic (exact) mass is 285 g/mol. The van der Waals surface area contributed by atoms with Crippen LogP contribution in [0.25, 0.3) is 0 Å². The highest BCUT2D eigenvalue weighted by molar-refractivity contribution is 5.28. The van der Waals surface area contributed by atoms with Gasteiger partial charge in [0.2, 0.25) is 0 Å². The van der Waals surface area contributed by atoms with Crippen molar-refractivity contribution < 1.29 is 0 Å². The van der Waals surface area contributed by atoms with Gasteiger partial charge in [0.25, 0.3) is 0 Å². The average Bonchev–Trinajstić information content (AvgIpc) is 2.39. The number of hydrogen-bond donors (Lipinski definition) is 0. The maximum atomic E-state index is 4.22. The SMILES string of the molecule is CC(C)C1CCC1.CCCCCC#Cc1ccc(C)cn1. The fourth-order valence-electron chi connectivity index (χ4n) is 2.26. The van der Waals surface area contributed by atoms with Crippen molar-refractivity contribution in [3.05, 3.63) is 29.6 Å². The predicted octanol–water partition coefficient (Wildman–Crippen LogP) is 5.76. The second-order valence-corrected chi connectivity index (χ2v) is 6.41. The third-order valence-electron chi connectivity index (χ3n) is 4.13. The zero-order valence-corrected chi connectivity index (χ0v) is 14.3. The Morgan fingerprint density at radius 3 is 2.43 bits per heavy atom. The number of pyridine rings is 1. The molecule has 1 heteroatoms. The molecule has 0 aromatic carbocycles. The van der Waals surface area contributed by atoms with Gasteiger partial charge in [-0.1, -0.05) is 64.9 Å². The van der Waals surface area contributed by atoms with E-state index in [1.807, 2.05) is 25.3 Å². The second-order valence-electron chi connectivity index (χ2n) is 6.41. The number of nitrogens with zero attached hydrogens (tertiary/aromatic N) is 1. The lowest BCUT2D eigenvalue weighted by atomic mass is 9.78. The minimum Gasteiger partial charge on any atom is -0.248 e. The van der Waals surface area contributed by atoms with E-state index in [0.29, 0.717) is 0 Å². The summed E-state index contributed by atoms with van der Waals surface area (Å²) < 4.78 is 0. The minimum atomic E-state index is 0.882. The van der Waals surface area contributed by atoms with E-state index in [2.05, 4.69) is 37.6 Å². The van der Waals surface area contributed by atoms with E-state index in [0.717, 1.165) is 24.0 Å². The van der Waals surface area contributed by atoms with Crippen LogP contribution in [-0.4, -0.2) is 4.98 Å². The van der Waals surface area contributed by atoms with Crippen molar-refractivity contribution in [2.45, 2.75) is 72.6 Å². The topological polar surface area (TPSA) is 12.9 Å². The molecule has 1 aromatic heterocycles. The molecule has 2 rings (SSSR count). The van der Waals surface area contributed by atoms with Gasteiger partial charge >= 0.3 is 0 Å². The van der Waals surface area contributed by atoms with Gasteiger partial charge in [-0.05, 0) is 42.7 Å². The number of rotatable bonds is 4. The van der Waals surface area contributed by atoms with E-state index in [4.69, 9.17) is 0 Å². The highest BCUT2D eigenvalue weighted by Gasteiger charge is 2.19. The van der Waals surface area contributed by atoms with Crippen LogP contribution in [0.1, 0.15) is 77.0 Å². The second kappa shape index (κ2) is 10.4. The van der Waals surface area contributed by atoms with E-state index in [-0.39, 0.29) is 0 Å². The van der Waals surface area contributed by atoms with Crippen LogP contribution in [0.15, 0.2) is 18.3 Å². The standard InChI is InChI=1S/C13H17N.C7H14/c1-3-4-5-6-7-8-13-10-9-12(2)11-14-13;1-6(2)7-4-3-5-7/h9-11H,3-6H2,1-2H3;6-7H,3-5H2,1-2H3. The van der Waals surface area contributed by atoms with E-state index in [9.17, 15) is 0 Å². The van der Waals surface area contributed by atoms with E-state index in [1.54, 1.807) is 0 Å². The van der Waals surface area contributed by atoms with Crippen LogP contribution in [0.5, 0.6) is 0 Å². The summed E-state index contributed by atoms with van der Waals surface area (Å²) >= 11 is 0. The van der Waals surface area contributed by atoms with Crippen LogP contribution in [0.2, 0.25) is 0 Å². The molecule has 1 fully saturated rings. The van der Waals surface area contributed by atoms with Crippen LogP contribution in [0, 0.1) is 30.6 Å². The maximum Gasteiger partial charge on any atom is 0.113 e. The summed E-state index contributed by atoms with van der Waals surface area (Å²) in [5.41, 5.74) is 2.06. The first-order valence-electron chi connectivity index (χ1n) is 8.55. The van der Waals surface area contributed by atoms with Crippen molar-refractivity contribution in [2.75, 3.05) is 0 Å². The molecule has 1 aromatic rings. The summed E-state index contributed by atoms with van der Waals surface area (Å²) in [5.74, 6) is 8.25. The highest BCUT2D eigenvalue weighted by Crippen LogP contribution is 2.32. The zero-order chi connectivity index (χ0) is 15.5. The molecule has 116 valence electrons. The quantitative estimate of drug-likeness (QED) is 0.506. The average molecular weight is 285 g/mol. The van der Waals surface area contributed by atoms with Gasteiger partial charge in [0.05, 0.1) is 0 Å². The summed E-state index contributed by atoms with van der Waals surface area (Å²) in [6.07, 6.45) is 11.1. The smallest absolute Gasteiger partial charge is 0.113 e. The van der Waals surface area contributed by atoms with Crippen molar-refractivity contribution in [3.63, 3.8) is 0 Å². The highest BCUT2D eigenvalue weighted by atomic mass is 14.7. The first-order valence-corrected chi connectivity index (χ1v) is 8.55. The zero-order valence-electron chi connectivity index (χ0n) is 14.3. The molecule has 0 atom stereocenters. The lowest BCUT2D eigenvalue weighted by molar-refractivity contribution is 0.235. The number of unbranched alkanes of at least 4 members (excludes halogenated alkanes) is 3. The fraction of sp³-hybridized carbons (Fsp3) is 0.650. The summed E-state index contributed by atoms with van der Waals surface area (Å²) in [5, 5.41) is 0. The van der Waals surface area contributed by atoms with E-state index >= 15 is 0 Å². The Kier molecular flexibility index (Phi) is 8.83. The molecule has 0 N–H and O–H groups in total. The van der Waals surface area contributed by atoms with Crippen LogP contribution in [-0.2, 0) is 0 Å². The van der Waals surface area contributed by atoms with Crippen molar-refractivity contribution in [2.24, 2.45) is 11.8 Å². The summed E-state index contributed by atoms with van der Waals surface area (Å²) in [6, 6.07) is 4.02. The summed E-state index contributed by atoms with van der Waals surface area (Å²) in [6.45, 7) is 8.88. The van der Waals surface area contributed by atoms with Gasteiger partial charge in [-0.3, -0.25) is 0 Å². The molecular weight excluding hydrogens is 254 g/mol. The first kappa shape index (κ1) is 17.8. The van der Waals surface area contributed by atoms with Crippen molar-refractivity contribution in [1.29, 1.82) is 0 Å². The minimum absolute atomic E-state index is 0.882. The van der Waals surface area contributed by atoms with Gasteiger partial charge in [0.1, 0.15) is 5.69 Å². The van der Waals surface area contributed by atoms with Gasteiger partial charge < -0.3 is 0 Å². The fourth-order valence-corrected chi connectivity index (χ4v) is 2.26. The van der Waals surface area contributed by atoms with E-state index in [1.165, 1.54) is 44.1 Å². The molecule has 1 aliphatic rings. The Bertz CT molecular complexity index is 429. The Morgan fingerprint density at radius 2 is 2.00 bits per heavy atom. The molecule has 0 bridgehead atoms. The van der Waals surface area contributed by atoms with Crippen molar-refractivity contribution in [3.8, 4) is 11.8 Å². The van der Waals surface area contributed by atoms with E-state index < -0.39 is 0 Å². The summed E-state index contributed by atoms with van der Waals surface area (Å²) in [4.78, 5) is 4.22. The van der Waals surface area contributed by atoms with Crippen LogP contribution in [0.3, 0.4) is 0 Å². The largest absolute Gasteiger partial charge is 0.248 e. The number of aryl methyl sites for hydroxylation is 1. The Balaban J connectivity index is 0.000000262. The molecule has 0 radical (unpaired) electrons. The van der Waals surface area contributed by atoms with Crippen LogP contribution < -0.4 is 0 Å². The van der Waals surface area contributed by atoms with Gasteiger partial charge in [0.15, 0.2) is 0 Å².